The van der Waals surface area contributed by atoms with Crippen LogP contribution in [0, 0.1) is 0 Å². The maximum absolute atomic E-state index is 2.67. The van der Waals surface area contributed by atoms with Crippen LogP contribution in [0.1, 0.15) is 38.1 Å². The average molecular weight is 592 g/mol. The molecule has 5 aromatic rings. The summed E-state index contributed by atoms with van der Waals surface area (Å²) in [6, 6.07) is 35.5. The Labute approximate surface area is 257 Å². The lowest BCUT2D eigenvalue weighted by Gasteiger charge is -2.48. The topological polar surface area (TPSA) is 3.24 Å². The van der Waals surface area contributed by atoms with Gasteiger partial charge in [-0.25, -0.2) is 0 Å². The van der Waals surface area contributed by atoms with Gasteiger partial charge in [-0.2, -0.15) is 11.3 Å². The highest BCUT2D eigenvalue weighted by Gasteiger charge is 2.53. The lowest BCUT2D eigenvalue weighted by molar-refractivity contribution is 0.674. The Kier molecular flexibility index (Phi) is 4.51. The van der Waals surface area contributed by atoms with Crippen molar-refractivity contribution in [2.75, 3.05) is 4.90 Å². The van der Waals surface area contributed by atoms with Crippen molar-refractivity contribution in [2.45, 2.75) is 55.0 Å². The smallest absolute Gasteiger partial charge is 0.262 e. The SMILES string of the molecule is CC1=C(C)C[Si]2(C1)c1ccccc1N1c3cccc4c3B(c3cccc2c31)c1sc2c(c1S4)-c1ccccc1C2(C)C. The van der Waals surface area contributed by atoms with Crippen LogP contribution in [0.15, 0.2) is 106 Å². The van der Waals surface area contributed by atoms with E-state index >= 15 is 0 Å². The minimum absolute atomic E-state index is 0.0286. The highest BCUT2D eigenvalue weighted by atomic mass is 32.2. The van der Waals surface area contributed by atoms with Crippen molar-refractivity contribution in [1.29, 1.82) is 0 Å². The molecule has 5 heteroatoms. The van der Waals surface area contributed by atoms with Crippen LogP contribution in [0.5, 0.6) is 0 Å². The number of rotatable bonds is 0. The molecule has 202 valence electrons. The summed E-state index contributed by atoms with van der Waals surface area (Å²) < 4.78 is 1.56. The number of benzene rings is 4. The van der Waals surface area contributed by atoms with Crippen LogP contribution in [0.3, 0.4) is 0 Å². The van der Waals surface area contributed by atoms with Crippen molar-refractivity contribution in [3.63, 3.8) is 0 Å². The molecule has 4 aromatic carbocycles. The summed E-state index contributed by atoms with van der Waals surface area (Å²) in [4.78, 5) is 7.15. The molecule has 4 aliphatic heterocycles. The zero-order valence-corrected chi connectivity index (χ0v) is 27.0. The van der Waals surface area contributed by atoms with Gasteiger partial charge in [-0.05, 0) is 81.3 Å². The van der Waals surface area contributed by atoms with E-state index in [9.17, 15) is 0 Å². The molecule has 5 aliphatic rings. The summed E-state index contributed by atoms with van der Waals surface area (Å²) in [5.41, 5.74) is 15.0. The molecule has 0 radical (unpaired) electrons. The fourth-order valence-electron chi connectivity index (χ4n) is 9.09. The molecule has 0 atom stereocenters. The third kappa shape index (κ3) is 2.67. The summed E-state index contributed by atoms with van der Waals surface area (Å²) in [6.45, 7) is 9.92. The minimum Gasteiger partial charge on any atom is -0.312 e. The largest absolute Gasteiger partial charge is 0.312 e. The van der Waals surface area contributed by atoms with E-state index < -0.39 is 8.07 Å². The first-order chi connectivity index (χ1) is 20.4. The second kappa shape index (κ2) is 7.82. The van der Waals surface area contributed by atoms with E-state index in [0.717, 1.165) is 0 Å². The van der Waals surface area contributed by atoms with Crippen LogP contribution in [-0.4, -0.2) is 14.8 Å². The van der Waals surface area contributed by atoms with Gasteiger partial charge in [-0.15, -0.1) is 0 Å². The van der Waals surface area contributed by atoms with Crippen LogP contribution in [0.25, 0.3) is 11.1 Å². The van der Waals surface area contributed by atoms with E-state index in [2.05, 4.69) is 129 Å². The predicted molar refractivity (Wildman–Crippen MR) is 185 cm³/mol. The van der Waals surface area contributed by atoms with Crippen LogP contribution in [-0.2, 0) is 5.41 Å². The van der Waals surface area contributed by atoms with E-state index in [1.54, 1.807) is 31.2 Å². The van der Waals surface area contributed by atoms with Gasteiger partial charge in [-0.3, -0.25) is 0 Å². The van der Waals surface area contributed by atoms with E-state index in [1.807, 2.05) is 11.8 Å². The van der Waals surface area contributed by atoms with Crippen LogP contribution < -0.4 is 31.0 Å². The molecule has 0 saturated heterocycles. The number of anilines is 3. The lowest BCUT2D eigenvalue weighted by atomic mass is 9.37. The highest BCUT2D eigenvalue weighted by Crippen LogP contribution is 2.57. The van der Waals surface area contributed by atoms with Crippen molar-refractivity contribution in [2.24, 2.45) is 0 Å². The molecule has 0 fully saturated rings. The standard InChI is InChI=1S/C37H30BNS2Si/c1-21-19-42(20-22(21)2)29-17-8-7-14-26(29)39-27-15-10-16-28-32(27)38(25-13-9-18-30(42)33(25)39)36-34(40-28)31-23-11-5-6-12-24(23)37(3,4)35(31)41-36/h5-18H,19-20H2,1-4H3. The van der Waals surface area contributed by atoms with Gasteiger partial charge in [0.15, 0.2) is 0 Å². The Morgan fingerprint density at radius 1 is 0.786 bits per heavy atom. The summed E-state index contributed by atoms with van der Waals surface area (Å²) in [7, 11) is -1.98. The number of hydrogen-bond donors (Lipinski definition) is 0. The van der Waals surface area contributed by atoms with Gasteiger partial charge >= 0.3 is 0 Å². The molecule has 5 heterocycles. The molecule has 1 aliphatic carbocycles. The third-order valence-corrected chi connectivity index (χ3v) is 19.1. The summed E-state index contributed by atoms with van der Waals surface area (Å²) in [5, 5.41) is 3.28. The molecule has 1 aromatic heterocycles. The van der Waals surface area contributed by atoms with Gasteiger partial charge in [-0.1, -0.05) is 103 Å². The monoisotopic (exact) mass is 591 g/mol. The zero-order chi connectivity index (χ0) is 28.1. The van der Waals surface area contributed by atoms with Gasteiger partial charge in [0.25, 0.3) is 6.71 Å². The summed E-state index contributed by atoms with van der Waals surface area (Å²) in [5.74, 6) is 0. The number of allylic oxidation sites excluding steroid dienone is 2. The van der Waals surface area contributed by atoms with Crippen molar-refractivity contribution in [3.05, 3.63) is 107 Å². The molecular formula is C37H30BNS2Si. The van der Waals surface area contributed by atoms with Crippen LogP contribution in [0.2, 0.25) is 12.1 Å². The second-order valence-electron chi connectivity index (χ2n) is 13.5. The van der Waals surface area contributed by atoms with E-state index in [-0.39, 0.29) is 12.1 Å². The van der Waals surface area contributed by atoms with Gasteiger partial charge in [0, 0.05) is 42.7 Å². The van der Waals surface area contributed by atoms with E-state index in [1.165, 1.54) is 66.6 Å². The summed E-state index contributed by atoms with van der Waals surface area (Å²) in [6.07, 6.45) is 0. The Bertz CT molecular complexity index is 2090. The van der Waals surface area contributed by atoms with Crippen molar-refractivity contribution < 1.29 is 0 Å². The molecule has 1 nitrogen and oxygen atoms in total. The number of thiophene rings is 1. The Balaban J connectivity index is 1.29. The number of hydrogen-bond acceptors (Lipinski definition) is 3. The maximum Gasteiger partial charge on any atom is 0.262 e. The molecule has 1 spiro atoms. The van der Waals surface area contributed by atoms with Crippen LogP contribution in [0.4, 0.5) is 17.1 Å². The first-order valence-corrected chi connectivity index (χ1v) is 19.2. The molecule has 0 unspecified atom stereocenters. The fourth-order valence-corrected chi connectivity index (χ4v) is 17.9. The van der Waals surface area contributed by atoms with Crippen molar-refractivity contribution in [1.82, 2.24) is 0 Å². The Morgan fingerprint density at radius 3 is 2.36 bits per heavy atom. The normalized spacial score (nSPS) is 18.9. The molecular weight excluding hydrogens is 561 g/mol. The quantitative estimate of drug-likeness (QED) is 0.137. The maximum atomic E-state index is 2.67. The lowest BCUT2D eigenvalue weighted by Crippen LogP contribution is -2.67. The molecule has 0 amide bonds. The Morgan fingerprint density at radius 2 is 1.50 bits per heavy atom. The zero-order valence-electron chi connectivity index (χ0n) is 24.3. The first kappa shape index (κ1) is 24.2. The van der Waals surface area contributed by atoms with E-state index in [4.69, 9.17) is 0 Å². The third-order valence-electron chi connectivity index (χ3n) is 11.0. The fraction of sp³-hybridized carbons (Fsp3) is 0.189. The molecule has 0 N–H and O–H groups in total. The van der Waals surface area contributed by atoms with Gasteiger partial charge in [0.05, 0.1) is 0 Å². The minimum atomic E-state index is -1.98. The van der Waals surface area contributed by atoms with E-state index in [0.29, 0.717) is 0 Å². The first-order valence-electron chi connectivity index (χ1n) is 15.2. The molecule has 10 rings (SSSR count). The number of nitrogens with zero attached hydrogens (tertiary/aromatic N) is 1. The van der Waals surface area contributed by atoms with Crippen LogP contribution >= 0.6 is 23.1 Å². The Hall–Kier alpha value is -3.25. The molecule has 0 saturated carbocycles. The number of para-hydroxylation sites is 2. The van der Waals surface area contributed by atoms with Gasteiger partial charge in [0.2, 0.25) is 0 Å². The highest BCUT2D eigenvalue weighted by molar-refractivity contribution is 8.00. The van der Waals surface area contributed by atoms with Crippen molar-refractivity contribution in [3.8, 4) is 11.1 Å². The number of fused-ring (bicyclic) bond motifs is 12. The van der Waals surface area contributed by atoms with Gasteiger partial charge < -0.3 is 4.90 Å². The predicted octanol–water partition coefficient (Wildman–Crippen LogP) is 7.04. The van der Waals surface area contributed by atoms with Crippen molar-refractivity contribution >= 4 is 81.0 Å². The molecule has 0 bridgehead atoms. The molecule has 42 heavy (non-hydrogen) atoms. The van der Waals surface area contributed by atoms with Gasteiger partial charge in [0.1, 0.15) is 8.07 Å². The summed E-state index contributed by atoms with van der Waals surface area (Å²) >= 11 is 4.12. The second-order valence-corrected chi connectivity index (χ2v) is 19.5. The average Bonchev–Trinajstić information content (AvgIpc) is 3.61.